The molecule has 0 amide bonds. The summed E-state index contributed by atoms with van der Waals surface area (Å²) in [6.45, 7) is 3.98. The van der Waals surface area contributed by atoms with Gasteiger partial charge in [0.2, 0.25) is 0 Å². The lowest BCUT2D eigenvalue weighted by molar-refractivity contribution is 0.631. The maximum Gasteiger partial charge on any atom is 0.131 e. The summed E-state index contributed by atoms with van der Waals surface area (Å²) in [4.78, 5) is 12.5. The van der Waals surface area contributed by atoms with E-state index in [1.807, 2.05) is 74.5 Å². The summed E-state index contributed by atoms with van der Waals surface area (Å²) in [5.41, 5.74) is 20.2. The van der Waals surface area contributed by atoms with E-state index in [-0.39, 0.29) is 5.82 Å². The minimum absolute atomic E-state index is 0.258. The number of aromatic amines is 1. The molecule has 0 atom stereocenters. The number of nitrogens with zero attached hydrogens (tertiary/aromatic N) is 2. The average Bonchev–Trinajstić information content (AvgIpc) is 3.31. The normalized spacial score (nSPS) is 12.3. The van der Waals surface area contributed by atoms with Crippen molar-refractivity contribution in [2.75, 3.05) is 0 Å². The van der Waals surface area contributed by atoms with E-state index in [1.165, 1.54) is 6.07 Å². The highest BCUT2D eigenvalue weighted by Gasteiger charge is 2.15. The Kier molecular flexibility index (Phi) is 6.09. The van der Waals surface area contributed by atoms with Gasteiger partial charge in [0.15, 0.2) is 0 Å². The predicted octanol–water partition coefficient (Wildman–Crippen LogP) is 6.69. The number of hydrogen-bond acceptors (Lipinski definition) is 4. The van der Waals surface area contributed by atoms with Gasteiger partial charge < -0.3 is 16.5 Å². The van der Waals surface area contributed by atoms with E-state index in [2.05, 4.69) is 15.0 Å². The van der Waals surface area contributed by atoms with E-state index >= 15 is 0 Å². The molecule has 2 heterocycles. The zero-order chi connectivity index (χ0) is 25.2. The molecule has 0 radical (unpaired) electrons. The third-order valence-electron chi connectivity index (χ3n) is 6.01. The molecule has 178 valence electrons. The molecule has 5 N–H and O–H groups in total. The SMILES string of the molecule is CC(C)=C/C(N)=C\C(=C/N)c1ccc2ncnc(-c3cc4c(-c5ccccc5F)cccc4[nH]3)c2c1. The number of allylic oxidation sites excluding steroid dienone is 4. The van der Waals surface area contributed by atoms with Gasteiger partial charge in [-0.15, -0.1) is 0 Å². The van der Waals surface area contributed by atoms with E-state index in [9.17, 15) is 4.39 Å². The fourth-order valence-electron chi connectivity index (χ4n) is 4.43. The van der Waals surface area contributed by atoms with Crippen molar-refractivity contribution in [2.24, 2.45) is 11.5 Å². The molecule has 0 fully saturated rings. The molecule has 0 bridgehead atoms. The van der Waals surface area contributed by atoms with Gasteiger partial charge in [0, 0.05) is 33.7 Å². The summed E-state index contributed by atoms with van der Waals surface area (Å²) in [6, 6.07) is 20.5. The first-order valence-electron chi connectivity index (χ1n) is 11.6. The van der Waals surface area contributed by atoms with E-state index in [0.717, 1.165) is 55.5 Å². The number of halogens is 1. The quantitative estimate of drug-likeness (QED) is 0.247. The number of nitrogens with one attached hydrogen (secondary N) is 1. The number of benzene rings is 3. The lowest BCUT2D eigenvalue weighted by atomic mass is 10.00. The van der Waals surface area contributed by atoms with Crippen LogP contribution in [-0.4, -0.2) is 15.0 Å². The molecule has 0 aliphatic carbocycles. The monoisotopic (exact) mass is 475 g/mol. The van der Waals surface area contributed by atoms with Gasteiger partial charge in [-0.25, -0.2) is 14.4 Å². The number of hydrogen-bond donors (Lipinski definition) is 3. The Bertz CT molecular complexity index is 1690. The predicted molar refractivity (Wildman–Crippen MR) is 146 cm³/mol. The molecular weight excluding hydrogens is 449 g/mol. The van der Waals surface area contributed by atoms with Crippen molar-refractivity contribution in [3.8, 4) is 22.5 Å². The van der Waals surface area contributed by atoms with Gasteiger partial charge in [0.05, 0.1) is 16.9 Å². The van der Waals surface area contributed by atoms with Crippen molar-refractivity contribution in [2.45, 2.75) is 13.8 Å². The zero-order valence-corrected chi connectivity index (χ0v) is 20.1. The lowest BCUT2D eigenvalue weighted by Crippen LogP contribution is -1.97. The van der Waals surface area contributed by atoms with Crippen LogP contribution in [0.3, 0.4) is 0 Å². The topological polar surface area (TPSA) is 93.6 Å². The van der Waals surface area contributed by atoms with Crippen molar-refractivity contribution in [1.29, 1.82) is 0 Å². The maximum atomic E-state index is 14.6. The van der Waals surface area contributed by atoms with Crippen LogP contribution in [0.4, 0.5) is 4.39 Å². The second kappa shape index (κ2) is 9.50. The smallest absolute Gasteiger partial charge is 0.131 e. The summed E-state index contributed by atoms with van der Waals surface area (Å²) in [7, 11) is 0. The molecule has 2 aromatic heterocycles. The van der Waals surface area contributed by atoms with Gasteiger partial charge in [-0.3, -0.25) is 0 Å². The first-order valence-corrected chi connectivity index (χ1v) is 11.6. The molecule has 3 aromatic carbocycles. The molecule has 0 aliphatic rings. The van der Waals surface area contributed by atoms with Gasteiger partial charge in [0.25, 0.3) is 0 Å². The molecule has 0 saturated heterocycles. The van der Waals surface area contributed by atoms with Crippen LogP contribution in [0.25, 0.3) is 49.9 Å². The van der Waals surface area contributed by atoms with Crippen LogP contribution in [0.15, 0.2) is 103 Å². The van der Waals surface area contributed by atoms with E-state index in [1.54, 1.807) is 24.7 Å². The van der Waals surface area contributed by atoms with Gasteiger partial charge in [-0.2, -0.15) is 0 Å². The summed E-state index contributed by atoms with van der Waals surface area (Å²) in [5, 5.41) is 1.78. The van der Waals surface area contributed by atoms with Gasteiger partial charge in [-0.05, 0) is 73.0 Å². The minimum Gasteiger partial charge on any atom is -0.404 e. The molecule has 5 aromatic rings. The lowest BCUT2D eigenvalue weighted by Gasteiger charge is -2.08. The first-order chi connectivity index (χ1) is 17.4. The molecule has 0 saturated carbocycles. The van der Waals surface area contributed by atoms with Crippen molar-refractivity contribution in [1.82, 2.24) is 15.0 Å². The first kappa shape index (κ1) is 23.1. The van der Waals surface area contributed by atoms with Crippen molar-refractivity contribution >= 4 is 27.4 Å². The minimum atomic E-state index is -0.258. The van der Waals surface area contributed by atoms with Crippen LogP contribution < -0.4 is 11.5 Å². The number of rotatable bonds is 5. The Morgan fingerprint density at radius 3 is 2.47 bits per heavy atom. The van der Waals surface area contributed by atoms with Crippen LogP contribution in [0.2, 0.25) is 0 Å². The standard InChI is InChI=1S/C30H26FN5/c1-18(2)12-21(33)13-20(16-32)19-10-11-27-25(14-19)30(35-17-34-27)29-15-24-22(7-5-9-28(24)36-29)23-6-3-4-8-26(23)31/h3-17,36H,32-33H2,1-2H3/b20-16+,21-13+. The highest BCUT2D eigenvalue weighted by atomic mass is 19.1. The molecule has 5 rings (SSSR count). The van der Waals surface area contributed by atoms with Crippen LogP contribution in [-0.2, 0) is 0 Å². The highest BCUT2D eigenvalue weighted by Crippen LogP contribution is 2.35. The third-order valence-corrected chi connectivity index (χ3v) is 6.01. The summed E-state index contributed by atoms with van der Waals surface area (Å²) in [5.74, 6) is -0.258. The molecule has 36 heavy (non-hydrogen) atoms. The second-order valence-electron chi connectivity index (χ2n) is 8.87. The number of H-pyrrole nitrogens is 1. The largest absolute Gasteiger partial charge is 0.404 e. The molecule has 6 heteroatoms. The van der Waals surface area contributed by atoms with E-state index in [4.69, 9.17) is 11.5 Å². The fourth-order valence-corrected chi connectivity index (χ4v) is 4.43. The van der Waals surface area contributed by atoms with Gasteiger partial charge in [0.1, 0.15) is 12.1 Å². The van der Waals surface area contributed by atoms with Crippen molar-refractivity contribution < 1.29 is 4.39 Å². The molecule has 5 nitrogen and oxygen atoms in total. The van der Waals surface area contributed by atoms with Crippen LogP contribution in [0.1, 0.15) is 19.4 Å². The molecule has 0 aliphatic heterocycles. The number of fused-ring (bicyclic) bond motifs is 2. The summed E-state index contributed by atoms with van der Waals surface area (Å²) in [6.07, 6.45) is 6.84. The van der Waals surface area contributed by atoms with Crippen molar-refractivity contribution in [3.05, 3.63) is 114 Å². The summed E-state index contributed by atoms with van der Waals surface area (Å²) < 4.78 is 14.6. The second-order valence-corrected chi connectivity index (χ2v) is 8.87. The van der Waals surface area contributed by atoms with Crippen LogP contribution in [0.5, 0.6) is 0 Å². The van der Waals surface area contributed by atoms with Gasteiger partial charge >= 0.3 is 0 Å². The Hall–Kier alpha value is -4.71. The molecule has 0 spiro atoms. The molecular formula is C30H26FN5. The van der Waals surface area contributed by atoms with E-state index in [0.29, 0.717) is 11.3 Å². The van der Waals surface area contributed by atoms with Crippen LogP contribution >= 0.6 is 0 Å². The van der Waals surface area contributed by atoms with Gasteiger partial charge in [-0.1, -0.05) is 42.0 Å². The number of nitrogens with two attached hydrogens (primary N) is 2. The maximum absolute atomic E-state index is 14.6. The molecule has 0 unspecified atom stereocenters. The third kappa shape index (κ3) is 4.36. The average molecular weight is 476 g/mol. The Morgan fingerprint density at radius 2 is 1.69 bits per heavy atom. The van der Waals surface area contributed by atoms with Crippen LogP contribution in [0, 0.1) is 5.82 Å². The van der Waals surface area contributed by atoms with Crippen molar-refractivity contribution in [3.63, 3.8) is 0 Å². The number of aromatic nitrogens is 3. The Labute approximate surface area is 208 Å². The zero-order valence-electron chi connectivity index (χ0n) is 20.1. The van der Waals surface area contributed by atoms with E-state index < -0.39 is 0 Å². The highest BCUT2D eigenvalue weighted by molar-refractivity contribution is 6.01. The fraction of sp³-hybridized carbons (Fsp3) is 0.0667. The summed E-state index contributed by atoms with van der Waals surface area (Å²) >= 11 is 0. The Morgan fingerprint density at radius 1 is 0.889 bits per heavy atom. The Balaban J connectivity index is 1.65.